The van der Waals surface area contributed by atoms with Crippen LogP contribution in [0.5, 0.6) is 0 Å². The van der Waals surface area contributed by atoms with Crippen molar-refractivity contribution < 1.29 is 9.40 Å². The lowest BCUT2D eigenvalue weighted by atomic mass is 9.83. The molecule has 1 aliphatic carbocycles. The number of nitriles is 1. The number of aromatic amines is 1. The van der Waals surface area contributed by atoms with E-state index in [4.69, 9.17) is 10.2 Å². The number of nitrogens with one attached hydrogen (secondary N) is 1. The highest BCUT2D eigenvalue weighted by molar-refractivity contribution is 5.74. The number of fused-ring (bicyclic) bond motifs is 1. The highest BCUT2D eigenvalue weighted by atomic mass is 16.3. The first kappa shape index (κ1) is 12.7. The molecule has 2 aromatic heterocycles. The molecule has 2 heterocycles. The number of nitrogens with two attached hydrogens (primary N) is 1. The van der Waals surface area contributed by atoms with E-state index in [0.717, 1.165) is 42.0 Å². The van der Waals surface area contributed by atoms with Crippen molar-refractivity contribution in [1.29, 1.82) is 5.26 Å². The van der Waals surface area contributed by atoms with Gasteiger partial charge in [0.2, 0.25) is 0 Å². The lowest BCUT2D eigenvalue weighted by Gasteiger charge is -2.22. The minimum atomic E-state index is 0.435. The molecule has 1 atom stereocenters. The Balaban J connectivity index is 2.30. The molecule has 0 bridgehead atoms. The Kier molecular flexibility index (Phi) is 2.98. The zero-order valence-corrected chi connectivity index (χ0v) is 11.8. The lowest BCUT2D eigenvalue weighted by Crippen LogP contribution is -2.26. The van der Waals surface area contributed by atoms with Gasteiger partial charge in [-0.25, -0.2) is 4.98 Å². The van der Waals surface area contributed by atoms with Crippen LogP contribution in [0.4, 0.5) is 5.82 Å². The van der Waals surface area contributed by atoms with Crippen molar-refractivity contribution in [1.82, 2.24) is 0 Å². The van der Waals surface area contributed by atoms with Gasteiger partial charge in [0.05, 0.1) is 5.56 Å². The number of H-pyrrole nitrogens is 1. The normalized spacial score (nSPS) is 17.6. The van der Waals surface area contributed by atoms with Crippen LogP contribution < -0.4 is 10.7 Å². The fourth-order valence-corrected chi connectivity index (χ4v) is 2.97. The molecule has 0 amide bonds. The number of hydrogen-bond donors (Lipinski definition) is 1. The van der Waals surface area contributed by atoms with Gasteiger partial charge in [0, 0.05) is 12.0 Å². The van der Waals surface area contributed by atoms with Gasteiger partial charge in [0.15, 0.2) is 5.56 Å². The van der Waals surface area contributed by atoms with Crippen molar-refractivity contribution in [2.45, 2.75) is 33.1 Å². The van der Waals surface area contributed by atoms with E-state index in [2.05, 4.69) is 18.0 Å². The molecule has 20 heavy (non-hydrogen) atoms. The summed E-state index contributed by atoms with van der Waals surface area (Å²) in [4.78, 5) is 3.20. The van der Waals surface area contributed by atoms with Crippen molar-refractivity contribution in [2.24, 2.45) is 5.92 Å². The Morgan fingerprint density at radius 3 is 2.90 bits per heavy atom. The summed E-state index contributed by atoms with van der Waals surface area (Å²) in [5, 5.41) is 9.44. The van der Waals surface area contributed by atoms with Gasteiger partial charge in [-0.15, -0.1) is 0 Å². The molecule has 0 radical (unpaired) electrons. The SMILES string of the molecule is Cc1ccc(-c2c(C#N)c(N)[nH+]c3c2C[C@H](C)CC3)o1. The largest absolute Gasteiger partial charge is 0.461 e. The Morgan fingerprint density at radius 1 is 1.45 bits per heavy atom. The van der Waals surface area contributed by atoms with E-state index in [9.17, 15) is 5.26 Å². The number of furan rings is 1. The zero-order valence-electron chi connectivity index (χ0n) is 11.8. The zero-order chi connectivity index (χ0) is 14.3. The minimum absolute atomic E-state index is 0.435. The number of hydrogen-bond acceptors (Lipinski definition) is 3. The van der Waals surface area contributed by atoms with Gasteiger partial charge >= 0.3 is 0 Å². The second-order valence-corrected chi connectivity index (χ2v) is 5.62. The van der Waals surface area contributed by atoms with Gasteiger partial charge in [0.1, 0.15) is 23.3 Å². The Labute approximate surface area is 118 Å². The summed E-state index contributed by atoms with van der Waals surface area (Å²) >= 11 is 0. The Bertz CT molecular complexity index is 709. The van der Waals surface area contributed by atoms with Crippen molar-refractivity contribution in [2.75, 3.05) is 5.73 Å². The molecule has 102 valence electrons. The maximum Gasteiger partial charge on any atom is 0.289 e. The third-order valence-corrected chi connectivity index (χ3v) is 4.01. The fourth-order valence-electron chi connectivity index (χ4n) is 2.97. The van der Waals surface area contributed by atoms with Crippen LogP contribution in [0.15, 0.2) is 16.5 Å². The number of rotatable bonds is 1. The first-order chi connectivity index (χ1) is 9.60. The highest BCUT2D eigenvalue weighted by Crippen LogP contribution is 2.36. The smallest absolute Gasteiger partial charge is 0.289 e. The molecule has 0 saturated heterocycles. The number of aromatic nitrogens is 1. The standard InChI is InChI=1S/C16H17N3O/c1-9-3-5-13-11(7-9)15(12(8-17)16(18)19-13)14-6-4-10(2)20-14/h4,6,9H,3,5,7H2,1-2H3,(H2,18,19)/p+1/t9-/m1/s1. The lowest BCUT2D eigenvalue weighted by molar-refractivity contribution is -0.375. The molecule has 0 aliphatic heterocycles. The molecule has 2 aromatic rings. The van der Waals surface area contributed by atoms with E-state index in [1.165, 1.54) is 5.56 Å². The Morgan fingerprint density at radius 2 is 2.25 bits per heavy atom. The van der Waals surface area contributed by atoms with Crippen LogP contribution in [-0.4, -0.2) is 0 Å². The molecule has 3 rings (SSSR count). The fraction of sp³-hybridized carbons (Fsp3) is 0.375. The summed E-state index contributed by atoms with van der Waals surface area (Å²) in [6.07, 6.45) is 3.07. The van der Waals surface area contributed by atoms with Crippen LogP contribution in [0, 0.1) is 24.2 Å². The number of aryl methyl sites for hydroxylation is 2. The van der Waals surface area contributed by atoms with Gasteiger partial charge < -0.3 is 4.42 Å². The van der Waals surface area contributed by atoms with E-state index >= 15 is 0 Å². The van der Waals surface area contributed by atoms with Crippen LogP contribution in [-0.2, 0) is 12.8 Å². The van der Waals surface area contributed by atoms with Gasteiger partial charge in [0.25, 0.3) is 5.82 Å². The minimum Gasteiger partial charge on any atom is -0.461 e. The summed E-state index contributed by atoms with van der Waals surface area (Å²) in [6, 6.07) is 6.06. The highest BCUT2D eigenvalue weighted by Gasteiger charge is 2.28. The van der Waals surface area contributed by atoms with Gasteiger partial charge in [-0.3, -0.25) is 5.73 Å². The van der Waals surface area contributed by atoms with Gasteiger partial charge in [-0.1, -0.05) is 6.92 Å². The molecule has 0 saturated carbocycles. The summed E-state index contributed by atoms with van der Waals surface area (Å²) in [7, 11) is 0. The second-order valence-electron chi connectivity index (χ2n) is 5.62. The monoisotopic (exact) mass is 268 g/mol. The molecule has 0 spiro atoms. The number of nitrogen functional groups attached to an aromatic ring is 1. The molecule has 4 nitrogen and oxygen atoms in total. The van der Waals surface area contributed by atoms with E-state index in [-0.39, 0.29) is 0 Å². The second kappa shape index (κ2) is 4.68. The maximum absolute atomic E-state index is 9.44. The summed E-state index contributed by atoms with van der Waals surface area (Å²) < 4.78 is 5.75. The Hall–Kier alpha value is -2.28. The van der Waals surface area contributed by atoms with E-state index in [1.807, 2.05) is 19.1 Å². The van der Waals surface area contributed by atoms with Gasteiger partial charge in [-0.2, -0.15) is 5.26 Å². The number of nitrogens with zero attached hydrogens (tertiary/aromatic N) is 1. The predicted molar refractivity (Wildman–Crippen MR) is 75.8 cm³/mol. The predicted octanol–water partition coefficient (Wildman–Crippen LogP) is 2.65. The van der Waals surface area contributed by atoms with Crippen LogP contribution in [0.1, 0.15) is 35.9 Å². The molecular formula is C16H18N3O+. The van der Waals surface area contributed by atoms with Crippen molar-refractivity contribution in [3.63, 3.8) is 0 Å². The van der Waals surface area contributed by atoms with Crippen molar-refractivity contribution in [3.05, 3.63) is 34.7 Å². The molecule has 0 fully saturated rings. The maximum atomic E-state index is 9.44. The molecule has 0 aromatic carbocycles. The van der Waals surface area contributed by atoms with E-state index in [1.54, 1.807) is 0 Å². The van der Waals surface area contributed by atoms with Crippen LogP contribution in [0.25, 0.3) is 11.3 Å². The summed E-state index contributed by atoms with van der Waals surface area (Å²) in [6.45, 7) is 4.14. The first-order valence-corrected chi connectivity index (χ1v) is 6.93. The third-order valence-electron chi connectivity index (χ3n) is 4.01. The quantitative estimate of drug-likeness (QED) is 0.863. The van der Waals surface area contributed by atoms with Gasteiger partial charge in [-0.05, 0) is 37.8 Å². The number of anilines is 1. The van der Waals surface area contributed by atoms with Crippen LogP contribution in [0.2, 0.25) is 0 Å². The van der Waals surface area contributed by atoms with Crippen molar-refractivity contribution in [3.8, 4) is 17.4 Å². The van der Waals surface area contributed by atoms with Crippen molar-refractivity contribution >= 4 is 5.82 Å². The molecule has 1 aliphatic rings. The number of pyridine rings is 1. The molecule has 4 heteroatoms. The average molecular weight is 268 g/mol. The third kappa shape index (κ3) is 1.96. The summed E-state index contributed by atoms with van der Waals surface area (Å²) in [5.41, 5.74) is 9.71. The molecule has 0 unspecified atom stereocenters. The summed E-state index contributed by atoms with van der Waals surface area (Å²) in [5.74, 6) is 2.63. The van der Waals surface area contributed by atoms with E-state index in [0.29, 0.717) is 17.3 Å². The first-order valence-electron chi connectivity index (χ1n) is 6.93. The van der Waals surface area contributed by atoms with E-state index < -0.39 is 0 Å². The molecular weight excluding hydrogens is 250 g/mol. The molecule has 3 N–H and O–H groups in total. The average Bonchev–Trinajstić information content (AvgIpc) is 2.84. The van der Waals surface area contributed by atoms with Crippen LogP contribution in [0.3, 0.4) is 0 Å². The topological polar surface area (TPSA) is 77.1 Å². The van der Waals surface area contributed by atoms with Crippen LogP contribution >= 0.6 is 0 Å².